The third-order valence-corrected chi connectivity index (χ3v) is 5.54. The Balaban J connectivity index is 1.56. The van der Waals surface area contributed by atoms with E-state index in [0.29, 0.717) is 12.1 Å². The van der Waals surface area contributed by atoms with Gasteiger partial charge in [0, 0.05) is 0 Å². The van der Waals surface area contributed by atoms with Crippen molar-refractivity contribution in [1.82, 2.24) is 4.90 Å². The molecule has 2 aliphatic rings. The first kappa shape index (κ1) is 15.5. The zero-order valence-corrected chi connectivity index (χ0v) is 15.1. The van der Waals surface area contributed by atoms with Crippen molar-refractivity contribution >= 4 is 5.71 Å². The van der Waals surface area contributed by atoms with Crippen LogP contribution in [-0.4, -0.2) is 16.7 Å². The number of aryl methyl sites for hydroxylation is 2. The van der Waals surface area contributed by atoms with Gasteiger partial charge in [-0.05, 0) is 30.5 Å². The predicted molar refractivity (Wildman–Crippen MR) is 106 cm³/mol. The second-order valence-electron chi connectivity index (χ2n) is 7.41. The van der Waals surface area contributed by atoms with Gasteiger partial charge in [0.1, 0.15) is 6.17 Å². The van der Waals surface area contributed by atoms with Crippen molar-refractivity contribution in [3.8, 4) is 0 Å². The quantitative estimate of drug-likeness (QED) is 0.597. The van der Waals surface area contributed by atoms with Gasteiger partial charge in [-0.15, -0.1) is 0 Å². The molecule has 128 valence electrons. The van der Waals surface area contributed by atoms with Crippen LogP contribution in [-0.2, 0) is 0 Å². The fraction of sp³-hybridized carbons (Fsp3) is 0.208. The minimum Gasteiger partial charge on any atom is -0.263 e. The number of fused-ring (bicyclic) bond motifs is 1. The van der Waals surface area contributed by atoms with Gasteiger partial charge in [-0.2, -0.15) is 0 Å². The van der Waals surface area contributed by atoms with Crippen LogP contribution < -0.4 is 0 Å². The standard InChI is InChI=1S/C24H22N2/c1-16-8-12-19(13-9-16)22-23-21(18-6-4-3-5-7-18)25-24(26(22)23)20-14-10-17(2)11-15-20/h3-15,22-24H,1-2H3. The predicted octanol–water partition coefficient (Wildman–Crippen LogP) is 5.23. The van der Waals surface area contributed by atoms with Crippen LogP contribution in [0.4, 0.5) is 0 Å². The first-order valence-electron chi connectivity index (χ1n) is 9.26. The average Bonchev–Trinajstić information content (AvgIpc) is 3.27. The summed E-state index contributed by atoms with van der Waals surface area (Å²) in [6, 6.07) is 29.2. The lowest BCUT2D eigenvalue weighted by Gasteiger charge is -2.15. The molecule has 1 saturated heterocycles. The number of aliphatic imine (C=N–C) groups is 1. The Morgan fingerprint density at radius 1 is 0.654 bits per heavy atom. The molecule has 0 bridgehead atoms. The number of hydrogen-bond donors (Lipinski definition) is 0. The molecule has 2 nitrogen and oxygen atoms in total. The van der Waals surface area contributed by atoms with Crippen LogP contribution in [0, 0.1) is 13.8 Å². The summed E-state index contributed by atoms with van der Waals surface area (Å²) in [7, 11) is 0. The molecule has 2 aliphatic heterocycles. The fourth-order valence-electron chi connectivity index (χ4n) is 4.08. The van der Waals surface area contributed by atoms with E-state index in [4.69, 9.17) is 4.99 Å². The SMILES string of the molecule is Cc1ccc(C2N=C(c3ccccc3)C3C(c4ccc(C)cc4)N23)cc1. The van der Waals surface area contributed by atoms with Gasteiger partial charge in [0.2, 0.25) is 0 Å². The summed E-state index contributed by atoms with van der Waals surface area (Å²) < 4.78 is 0. The second-order valence-corrected chi connectivity index (χ2v) is 7.41. The molecule has 0 amide bonds. The summed E-state index contributed by atoms with van der Waals surface area (Å²) in [5.41, 5.74) is 7.73. The molecule has 5 rings (SSSR count). The van der Waals surface area contributed by atoms with Crippen LogP contribution in [0.5, 0.6) is 0 Å². The van der Waals surface area contributed by atoms with Gasteiger partial charge in [0.25, 0.3) is 0 Å². The smallest absolute Gasteiger partial charge is 0.129 e. The summed E-state index contributed by atoms with van der Waals surface area (Å²) in [5, 5.41) is 0. The molecule has 3 aromatic carbocycles. The van der Waals surface area contributed by atoms with Crippen molar-refractivity contribution in [3.05, 3.63) is 107 Å². The fourth-order valence-corrected chi connectivity index (χ4v) is 4.08. The first-order chi connectivity index (χ1) is 12.7. The van der Waals surface area contributed by atoms with Crippen LogP contribution in [0.25, 0.3) is 0 Å². The Hall–Kier alpha value is -2.71. The highest BCUT2D eigenvalue weighted by Crippen LogP contribution is 2.55. The monoisotopic (exact) mass is 338 g/mol. The van der Waals surface area contributed by atoms with Crippen LogP contribution >= 0.6 is 0 Å². The zero-order chi connectivity index (χ0) is 17.7. The molecule has 0 aromatic heterocycles. The highest BCUT2D eigenvalue weighted by Gasteiger charge is 2.59. The molecule has 0 spiro atoms. The Bertz CT molecular complexity index is 955. The highest BCUT2D eigenvalue weighted by atomic mass is 15.5. The summed E-state index contributed by atoms with van der Waals surface area (Å²) in [6.07, 6.45) is 0.113. The van der Waals surface area contributed by atoms with E-state index in [1.165, 1.54) is 33.5 Å². The molecular weight excluding hydrogens is 316 g/mol. The number of rotatable bonds is 3. The molecule has 2 heterocycles. The van der Waals surface area contributed by atoms with Gasteiger partial charge in [-0.1, -0.05) is 90.0 Å². The molecule has 0 N–H and O–H groups in total. The minimum absolute atomic E-state index is 0.113. The van der Waals surface area contributed by atoms with Crippen molar-refractivity contribution in [1.29, 1.82) is 0 Å². The molecule has 1 fully saturated rings. The zero-order valence-electron chi connectivity index (χ0n) is 15.1. The molecular formula is C24H22N2. The van der Waals surface area contributed by atoms with Gasteiger partial charge >= 0.3 is 0 Å². The minimum atomic E-state index is 0.113. The third kappa shape index (κ3) is 2.49. The molecule has 0 aliphatic carbocycles. The summed E-state index contributed by atoms with van der Waals surface area (Å²) >= 11 is 0. The molecule has 3 aromatic rings. The molecule has 4 unspecified atom stereocenters. The second kappa shape index (κ2) is 5.93. The van der Waals surface area contributed by atoms with Crippen molar-refractivity contribution < 1.29 is 0 Å². The highest BCUT2D eigenvalue weighted by molar-refractivity contribution is 6.08. The lowest BCUT2D eigenvalue weighted by molar-refractivity contribution is 0.404. The molecule has 0 radical (unpaired) electrons. The molecule has 4 atom stereocenters. The van der Waals surface area contributed by atoms with E-state index in [0.717, 1.165) is 0 Å². The van der Waals surface area contributed by atoms with E-state index in [1.54, 1.807) is 0 Å². The normalized spacial score (nSPS) is 26.3. The van der Waals surface area contributed by atoms with E-state index in [-0.39, 0.29) is 6.17 Å². The van der Waals surface area contributed by atoms with Crippen molar-refractivity contribution in [2.75, 3.05) is 0 Å². The van der Waals surface area contributed by atoms with E-state index in [2.05, 4.69) is 97.6 Å². The first-order valence-corrected chi connectivity index (χ1v) is 9.26. The Morgan fingerprint density at radius 2 is 1.23 bits per heavy atom. The maximum atomic E-state index is 5.12. The third-order valence-electron chi connectivity index (χ3n) is 5.54. The van der Waals surface area contributed by atoms with Gasteiger partial charge in [-0.3, -0.25) is 9.89 Å². The maximum Gasteiger partial charge on any atom is 0.129 e. The van der Waals surface area contributed by atoms with Gasteiger partial charge in [-0.25, -0.2) is 0 Å². The Morgan fingerprint density at radius 3 is 1.85 bits per heavy atom. The molecule has 0 saturated carbocycles. The topological polar surface area (TPSA) is 15.4 Å². The largest absolute Gasteiger partial charge is 0.263 e. The van der Waals surface area contributed by atoms with Crippen LogP contribution in [0.1, 0.15) is 40.0 Å². The van der Waals surface area contributed by atoms with E-state index in [9.17, 15) is 0 Å². The number of nitrogens with zero attached hydrogens (tertiary/aromatic N) is 2. The number of hydrogen-bond acceptors (Lipinski definition) is 2. The van der Waals surface area contributed by atoms with E-state index >= 15 is 0 Å². The van der Waals surface area contributed by atoms with Gasteiger partial charge in [0.05, 0.1) is 17.8 Å². The van der Waals surface area contributed by atoms with Gasteiger partial charge in [0.15, 0.2) is 0 Å². The average molecular weight is 338 g/mol. The number of benzene rings is 3. The lowest BCUT2D eigenvalue weighted by atomic mass is 10.0. The van der Waals surface area contributed by atoms with E-state index in [1.807, 2.05) is 0 Å². The van der Waals surface area contributed by atoms with Gasteiger partial charge < -0.3 is 0 Å². The van der Waals surface area contributed by atoms with E-state index < -0.39 is 0 Å². The van der Waals surface area contributed by atoms with Crippen LogP contribution in [0.15, 0.2) is 83.9 Å². The van der Waals surface area contributed by atoms with Crippen LogP contribution in [0.3, 0.4) is 0 Å². The Labute approximate surface area is 154 Å². The molecule has 2 heteroatoms. The summed E-state index contributed by atoms with van der Waals surface area (Å²) in [5.74, 6) is 0. The lowest BCUT2D eigenvalue weighted by Crippen LogP contribution is -2.08. The van der Waals surface area contributed by atoms with Crippen molar-refractivity contribution in [2.45, 2.75) is 32.1 Å². The van der Waals surface area contributed by atoms with Crippen molar-refractivity contribution in [2.24, 2.45) is 4.99 Å². The van der Waals surface area contributed by atoms with Crippen LogP contribution in [0.2, 0.25) is 0 Å². The summed E-state index contributed by atoms with van der Waals surface area (Å²) in [6.45, 7) is 4.27. The Kier molecular flexibility index (Phi) is 3.54. The van der Waals surface area contributed by atoms with Crippen molar-refractivity contribution in [3.63, 3.8) is 0 Å². The molecule has 26 heavy (non-hydrogen) atoms. The summed E-state index contributed by atoms with van der Waals surface area (Å²) in [4.78, 5) is 7.66. The maximum absolute atomic E-state index is 5.12.